The van der Waals surface area contributed by atoms with Crippen molar-refractivity contribution in [1.82, 2.24) is 9.55 Å². The Bertz CT molecular complexity index is 913. The summed E-state index contributed by atoms with van der Waals surface area (Å²) in [5.74, 6) is -0.180. The highest BCUT2D eigenvalue weighted by Crippen LogP contribution is 2.30. The number of nitrogens with two attached hydrogens (primary N) is 1. The molecular formula is C14H7ClFIN4. The van der Waals surface area contributed by atoms with Gasteiger partial charge >= 0.3 is 0 Å². The fraction of sp³-hybridized carbons (Fsp3) is 0. The molecule has 0 amide bonds. The van der Waals surface area contributed by atoms with Crippen molar-refractivity contribution < 1.29 is 4.39 Å². The fourth-order valence-electron chi connectivity index (χ4n) is 2.10. The van der Waals surface area contributed by atoms with Gasteiger partial charge in [-0.05, 0) is 46.9 Å². The van der Waals surface area contributed by atoms with Crippen LogP contribution in [0.3, 0.4) is 0 Å². The van der Waals surface area contributed by atoms with E-state index in [0.717, 1.165) is 0 Å². The van der Waals surface area contributed by atoms with Crippen molar-refractivity contribution in [3.05, 3.63) is 50.3 Å². The summed E-state index contributed by atoms with van der Waals surface area (Å²) in [6.45, 7) is 0. The number of nitriles is 1. The summed E-state index contributed by atoms with van der Waals surface area (Å²) in [6, 6.07) is 9.80. The quantitative estimate of drug-likeness (QED) is 0.617. The summed E-state index contributed by atoms with van der Waals surface area (Å²) >= 11 is 8.07. The standard InChI is InChI=1S/C14H7ClFIN4/c15-8-2-1-7(6-18)3-12(8)21-13-4-9(16)10(17)5-11(13)20-14(21)19/h1-5H,(H2,19,20). The molecule has 0 spiro atoms. The van der Waals surface area contributed by atoms with Crippen LogP contribution in [-0.2, 0) is 0 Å². The van der Waals surface area contributed by atoms with E-state index in [-0.39, 0.29) is 11.8 Å². The third-order valence-electron chi connectivity index (χ3n) is 3.04. The lowest BCUT2D eigenvalue weighted by atomic mass is 10.2. The van der Waals surface area contributed by atoms with Crippen LogP contribution in [0.25, 0.3) is 16.7 Å². The van der Waals surface area contributed by atoms with Gasteiger partial charge in [-0.1, -0.05) is 11.6 Å². The van der Waals surface area contributed by atoms with Crippen LogP contribution in [0, 0.1) is 20.7 Å². The van der Waals surface area contributed by atoms with Crippen LogP contribution >= 0.6 is 34.2 Å². The molecule has 0 aliphatic heterocycles. The van der Waals surface area contributed by atoms with Gasteiger partial charge in [-0.25, -0.2) is 9.37 Å². The molecule has 0 aliphatic rings. The molecule has 0 saturated carbocycles. The van der Waals surface area contributed by atoms with Crippen molar-refractivity contribution in [3.8, 4) is 11.8 Å². The van der Waals surface area contributed by atoms with Gasteiger partial charge in [-0.2, -0.15) is 5.26 Å². The predicted molar refractivity (Wildman–Crippen MR) is 87.9 cm³/mol. The highest BCUT2D eigenvalue weighted by atomic mass is 127. The van der Waals surface area contributed by atoms with Gasteiger partial charge in [0.1, 0.15) is 5.82 Å². The third-order valence-corrected chi connectivity index (χ3v) is 4.18. The topological polar surface area (TPSA) is 67.6 Å². The monoisotopic (exact) mass is 412 g/mol. The number of hydrogen-bond donors (Lipinski definition) is 1. The molecule has 0 atom stereocenters. The number of anilines is 1. The predicted octanol–water partition coefficient (Wildman–Crippen LogP) is 3.88. The van der Waals surface area contributed by atoms with Crippen LogP contribution in [0.1, 0.15) is 5.56 Å². The number of halogens is 3. The summed E-state index contributed by atoms with van der Waals surface area (Å²) < 4.78 is 15.8. The van der Waals surface area contributed by atoms with Crippen LogP contribution < -0.4 is 5.73 Å². The molecule has 2 aromatic carbocycles. The van der Waals surface area contributed by atoms with Crippen molar-refractivity contribution in [1.29, 1.82) is 5.26 Å². The zero-order valence-electron chi connectivity index (χ0n) is 10.4. The van der Waals surface area contributed by atoms with E-state index in [1.807, 2.05) is 28.7 Å². The Labute approximate surface area is 138 Å². The fourth-order valence-corrected chi connectivity index (χ4v) is 2.75. The maximum absolute atomic E-state index is 13.8. The molecule has 7 heteroatoms. The van der Waals surface area contributed by atoms with Crippen molar-refractivity contribution in [2.24, 2.45) is 0 Å². The van der Waals surface area contributed by atoms with Crippen LogP contribution in [0.2, 0.25) is 5.02 Å². The maximum atomic E-state index is 13.8. The van der Waals surface area contributed by atoms with E-state index in [1.165, 1.54) is 10.6 Å². The number of nitrogens with zero attached hydrogens (tertiary/aromatic N) is 3. The van der Waals surface area contributed by atoms with E-state index in [1.54, 1.807) is 24.3 Å². The molecule has 3 rings (SSSR count). The Balaban J connectivity index is 2.38. The largest absolute Gasteiger partial charge is 0.369 e. The van der Waals surface area contributed by atoms with Gasteiger partial charge in [0, 0.05) is 6.07 Å². The second kappa shape index (κ2) is 5.16. The number of imidazole rings is 1. The number of aromatic nitrogens is 2. The highest BCUT2D eigenvalue weighted by molar-refractivity contribution is 14.1. The average Bonchev–Trinajstić information content (AvgIpc) is 2.75. The van der Waals surface area contributed by atoms with Gasteiger partial charge in [-0.15, -0.1) is 0 Å². The minimum absolute atomic E-state index is 0.184. The second-order valence-corrected chi connectivity index (χ2v) is 5.91. The van der Waals surface area contributed by atoms with Crippen molar-refractivity contribution in [2.75, 3.05) is 5.73 Å². The highest BCUT2D eigenvalue weighted by Gasteiger charge is 2.15. The molecule has 0 unspecified atom stereocenters. The third kappa shape index (κ3) is 2.32. The zero-order chi connectivity index (χ0) is 15.1. The Hall–Kier alpha value is -1.85. The molecule has 1 heterocycles. The summed E-state index contributed by atoms with van der Waals surface area (Å²) in [5, 5.41) is 9.41. The first-order valence-electron chi connectivity index (χ1n) is 5.84. The SMILES string of the molecule is N#Cc1ccc(Cl)c(-n2c(N)nc3cc(I)c(F)cc32)c1. The van der Waals surface area contributed by atoms with Crippen LogP contribution in [0.5, 0.6) is 0 Å². The molecule has 0 radical (unpaired) electrons. The summed E-state index contributed by atoms with van der Waals surface area (Å²) in [7, 11) is 0. The molecule has 4 nitrogen and oxygen atoms in total. The average molecular weight is 413 g/mol. The Morgan fingerprint density at radius 1 is 1.33 bits per heavy atom. The molecule has 0 saturated heterocycles. The minimum atomic E-state index is -0.364. The number of benzene rings is 2. The van der Waals surface area contributed by atoms with E-state index in [9.17, 15) is 4.39 Å². The molecule has 0 bridgehead atoms. The smallest absolute Gasteiger partial charge is 0.205 e. The molecule has 104 valence electrons. The van der Waals surface area contributed by atoms with Gasteiger partial charge < -0.3 is 5.73 Å². The van der Waals surface area contributed by atoms with E-state index in [0.29, 0.717) is 30.9 Å². The Morgan fingerprint density at radius 2 is 2.10 bits per heavy atom. The van der Waals surface area contributed by atoms with Crippen molar-refractivity contribution in [3.63, 3.8) is 0 Å². The van der Waals surface area contributed by atoms with E-state index in [4.69, 9.17) is 22.6 Å². The zero-order valence-corrected chi connectivity index (χ0v) is 13.4. The van der Waals surface area contributed by atoms with Gasteiger partial charge in [0.15, 0.2) is 0 Å². The first-order chi connectivity index (χ1) is 10.0. The number of fused-ring (bicyclic) bond motifs is 1. The first kappa shape index (κ1) is 14.1. The lowest BCUT2D eigenvalue weighted by Gasteiger charge is -2.09. The molecular weight excluding hydrogens is 406 g/mol. The summed E-state index contributed by atoms with van der Waals surface area (Å²) in [4.78, 5) is 4.22. The number of rotatable bonds is 1. The number of nitrogen functional groups attached to an aromatic ring is 1. The van der Waals surface area contributed by atoms with Crippen molar-refractivity contribution >= 4 is 51.2 Å². The van der Waals surface area contributed by atoms with Crippen LogP contribution in [0.4, 0.5) is 10.3 Å². The van der Waals surface area contributed by atoms with Gasteiger partial charge in [0.25, 0.3) is 0 Å². The Morgan fingerprint density at radius 3 is 2.81 bits per heavy atom. The Kier molecular flexibility index (Phi) is 3.47. The van der Waals surface area contributed by atoms with Crippen molar-refractivity contribution in [2.45, 2.75) is 0 Å². The summed E-state index contributed by atoms with van der Waals surface area (Å²) in [6.07, 6.45) is 0. The lowest BCUT2D eigenvalue weighted by molar-refractivity contribution is 0.622. The normalized spacial score (nSPS) is 10.8. The second-order valence-electron chi connectivity index (χ2n) is 4.34. The lowest BCUT2D eigenvalue weighted by Crippen LogP contribution is -2.02. The molecule has 3 aromatic rings. The van der Waals surface area contributed by atoms with Gasteiger partial charge in [0.05, 0.1) is 36.9 Å². The van der Waals surface area contributed by atoms with E-state index in [2.05, 4.69) is 4.98 Å². The molecule has 2 N–H and O–H groups in total. The van der Waals surface area contributed by atoms with E-state index >= 15 is 0 Å². The molecule has 21 heavy (non-hydrogen) atoms. The van der Waals surface area contributed by atoms with Crippen LogP contribution in [-0.4, -0.2) is 9.55 Å². The van der Waals surface area contributed by atoms with Gasteiger partial charge in [-0.3, -0.25) is 4.57 Å². The minimum Gasteiger partial charge on any atom is -0.369 e. The van der Waals surface area contributed by atoms with Crippen LogP contribution in [0.15, 0.2) is 30.3 Å². The van der Waals surface area contributed by atoms with Gasteiger partial charge in [0.2, 0.25) is 5.95 Å². The maximum Gasteiger partial charge on any atom is 0.205 e. The van der Waals surface area contributed by atoms with E-state index < -0.39 is 0 Å². The molecule has 1 aromatic heterocycles. The molecule has 0 fully saturated rings. The first-order valence-corrected chi connectivity index (χ1v) is 7.30. The number of hydrogen-bond acceptors (Lipinski definition) is 3. The molecule has 0 aliphatic carbocycles. The summed E-state index contributed by atoms with van der Waals surface area (Å²) in [5.41, 5.74) is 7.93.